The molecule has 0 aliphatic heterocycles. The van der Waals surface area contributed by atoms with Crippen molar-refractivity contribution in [3.8, 4) is 17.1 Å². The molecule has 0 radical (unpaired) electrons. The minimum atomic E-state index is -0.301. The Bertz CT molecular complexity index is 1040. The lowest BCUT2D eigenvalue weighted by Gasteiger charge is -2.16. The molecular weight excluding hydrogens is 386 g/mol. The maximum Gasteiger partial charge on any atom is 0.293 e. The van der Waals surface area contributed by atoms with Gasteiger partial charge in [-0.2, -0.15) is 0 Å². The van der Waals surface area contributed by atoms with Crippen molar-refractivity contribution >= 4 is 16.9 Å². The molecule has 2 N–H and O–H groups in total. The van der Waals surface area contributed by atoms with E-state index in [2.05, 4.69) is 20.3 Å². The molecule has 30 heavy (non-hydrogen) atoms. The number of fused-ring (bicyclic) bond motifs is 1. The SMILES string of the molecule is CCCOCCn1c(=O)c(N[C@@H](C)CO)nc2cnc(-c3ccc(OC)nc3)cc21. The third kappa shape index (κ3) is 4.92. The second-order valence-electron chi connectivity index (χ2n) is 6.91. The van der Waals surface area contributed by atoms with Crippen LogP contribution in [0.5, 0.6) is 5.88 Å². The minimum absolute atomic E-state index is 0.111. The molecule has 1 atom stereocenters. The Kier molecular flexibility index (Phi) is 7.31. The molecule has 9 heteroatoms. The number of nitrogens with zero attached hydrogens (tertiary/aromatic N) is 4. The van der Waals surface area contributed by atoms with E-state index in [0.717, 1.165) is 12.0 Å². The molecular formula is C21H27N5O4. The first kappa shape index (κ1) is 21.7. The lowest BCUT2D eigenvalue weighted by molar-refractivity contribution is 0.127. The van der Waals surface area contributed by atoms with Crippen LogP contribution in [0, 0.1) is 0 Å². The summed E-state index contributed by atoms with van der Waals surface area (Å²) in [5.41, 5.74) is 2.43. The summed E-state index contributed by atoms with van der Waals surface area (Å²) < 4.78 is 12.3. The molecule has 0 aliphatic rings. The number of rotatable bonds is 10. The van der Waals surface area contributed by atoms with Crippen LogP contribution in [0.15, 0.2) is 35.4 Å². The standard InChI is InChI=1S/C21H27N5O4/c1-4-8-30-9-7-26-18-10-16(15-5-6-19(29-3)23-11-15)22-12-17(18)25-20(21(26)28)24-14(2)13-27/h5-6,10-12,14,27H,4,7-9,13H2,1-3H3,(H,24,25)/t14-/m0/s1. The fourth-order valence-electron chi connectivity index (χ4n) is 2.95. The maximum atomic E-state index is 13.1. The van der Waals surface area contributed by atoms with Crippen molar-refractivity contribution in [2.24, 2.45) is 0 Å². The first-order valence-electron chi connectivity index (χ1n) is 9.93. The van der Waals surface area contributed by atoms with E-state index < -0.39 is 0 Å². The third-order valence-corrected chi connectivity index (χ3v) is 4.54. The van der Waals surface area contributed by atoms with Gasteiger partial charge in [-0.1, -0.05) is 6.92 Å². The number of aliphatic hydroxyl groups is 1. The van der Waals surface area contributed by atoms with Gasteiger partial charge < -0.3 is 24.5 Å². The number of nitrogens with one attached hydrogen (secondary N) is 1. The maximum absolute atomic E-state index is 13.1. The van der Waals surface area contributed by atoms with Crippen LogP contribution in [0.25, 0.3) is 22.3 Å². The zero-order valence-electron chi connectivity index (χ0n) is 17.5. The van der Waals surface area contributed by atoms with Gasteiger partial charge in [0.25, 0.3) is 5.56 Å². The largest absolute Gasteiger partial charge is 0.481 e. The molecule has 0 saturated heterocycles. The van der Waals surface area contributed by atoms with Crippen molar-refractivity contribution in [3.05, 3.63) is 40.9 Å². The van der Waals surface area contributed by atoms with Gasteiger partial charge in [0.15, 0.2) is 5.82 Å². The molecule has 0 fully saturated rings. The van der Waals surface area contributed by atoms with Gasteiger partial charge in [-0.25, -0.2) is 9.97 Å². The van der Waals surface area contributed by atoms with Crippen LogP contribution in [0.1, 0.15) is 20.3 Å². The zero-order chi connectivity index (χ0) is 21.5. The molecule has 0 spiro atoms. The van der Waals surface area contributed by atoms with E-state index in [1.165, 1.54) is 0 Å². The lowest BCUT2D eigenvalue weighted by atomic mass is 10.2. The summed E-state index contributed by atoms with van der Waals surface area (Å²) in [5, 5.41) is 12.3. The van der Waals surface area contributed by atoms with Crippen LogP contribution in [-0.4, -0.2) is 57.6 Å². The highest BCUT2D eigenvalue weighted by molar-refractivity contribution is 5.80. The molecule has 160 valence electrons. The Hall–Kier alpha value is -3.04. The van der Waals surface area contributed by atoms with E-state index in [-0.39, 0.29) is 24.0 Å². The van der Waals surface area contributed by atoms with Crippen molar-refractivity contribution in [3.63, 3.8) is 0 Å². The van der Waals surface area contributed by atoms with Gasteiger partial charge in [0.2, 0.25) is 5.88 Å². The van der Waals surface area contributed by atoms with Crippen LogP contribution in [0.2, 0.25) is 0 Å². The van der Waals surface area contributed by atoms with Gasteiger partial charge in [-0.05, 0) is 25.5 Å². The predicted molar refractivity (Wildman–Crippen MR) is 115 cm³/mol. The van der Waals surface area contributed by atoms with E-state index in [1.807, 2.05) is 19.1 Å². The molecule has 3 aromatic rings. The number of hydrogen-bond donors (Lipinski definition) is 2. The highest BCUT2D eigenvalue weighted by atomic mass is 16.5. The van der Waals surface area contributed by atoms with Gasteiger partial charge in [-0.15, -0.1) is 0 Å². The van der Waals surface area contributed by atoms with Crippen LogP contribution in [-0.2, 0) is 11.3 Å². The van der Waals surface area contributed by atoms with Gasteiger partial charge in [0.1, 0.15) is 5.52 Å². The number of pyridine rings is 2. The molecule has 0 amide bonds. The molecule has 0 bridgehead atoms. The van der Waals surface area contributed by atoms with E-state index in [1.54, 1.807) is 37.1 Å². The molecule has 9 nitrogen and oxygen atoms in total. The van der Waals surface area contributed by atoms with Crippen molar-refractivity contribution in [1.82, 2.24) is 19.5 Å². The number of ether oxygens (including phenoxy) is 2. The van der Waals surface area contributed by atoms with Gasteiger partial charge in [0.05, 0.1) is 37.7 Å². The minimum Gasteiger partial charge on any atom is -0.481 e. The topological polar surface area (TPSA) is 111 Å². The lowest BCUT2D eigenvalue weighted by Crippen LogP contribution is -2.31. The van der Waals surface area contributed by atoms with Crippen LogP contribution < -0.4 is 15.6 Å². The highest BCUT2D eigenvalue weighted by Crippen LogP contribution is 2.22. The molecule has 3 rings (SSSR count). The average molecular weight is 413 g/mol. The number of aromatic nitrogens is 4. The number of hydrogen-bond acceptors (Lipinski definition) is 8. The Morgan fingerprint density at radius 1 is 1.23 bits per heavy atom. The first-order chi connectivity index (χ1) is 14.6. The normalized spacial score (nSPS) is 12.1. The smallest absolute Gasteiger partial charge is 0.293 e. The monoisotopic (exact) mass is 413 g/mol. The van der Waals surface area contributed by atoms with Gasteiger partial charge in [0, 0.05) is 37.0 Å². The first-order valence-corrected chi connectivity index (χ1v) is 9.93. The number of anilines is 1. The van der Waals surface area contributed by atoms with Gasteiger partial charge >= 0.3 is 0 Å². The fraction of sp³-hybridized carbons (Fsp3) is 0.429. The van der Waals surface area contributed by atoms with E-state index in [9.17, 15) is 9.90 Å². The van der Waals surface area contributed by atoms with E-state index >= 15 is 0 Å². The number of aliphatic hydroxyl groups excluding tert-OH is 1. The molecule has 0 saturated carbocycles. The Morgan fingerprint density at radius 2 is 2.07 bits per heavy atom. The Labute approximate surface area is 174 Å². The second kappa shape index (κ2) is 10.1. The molecule has 3 aromatic heterocycles. The van der Waals surface area contributed by atoms with Crippen LogP contribution in [0.4, 0.5) is 5.82 Å². The summed E-state index contributed by atoms with van der Waals surface area (Å²) in [6.45, 7) is 5.12. The molecule has 0 unspecified atom stereocenters. The fourth-order valence-corrected chi connectivity index (χ4v) is 2.95. The van der Waals surface area contributed by atoms with E-state index in [0.29, 0.717) is 42.4 Å². The summed E-state index contributed by atoms with van der Waals surface area (Å²) in [4.78, 5) is 26.2. The van der Waals surface area contributed by atoms with Crippen molar-refractivity contribution < 1.29 is 14.6 Å². The average Bonchev–Trinajstić information content (AvgIpc) is 2.78. The third-order valence-electron chi connectivity index (χ3n) is 4.54. The van der Waals surface area contributed by atoms with Crippen LogP contribution >= 0.6 is 0 Å². The van der Waals surface area contributed by atoms with E-state index in [4.69, 9.17) is 9.47 Å². The molecule has 0 aromatic carbocycles. The Balaban J connectivity index is 2.05. The van der Waals surface area contributed by atoms with Crippen molar-refractivity contribution in [2.45, 2.75) is 32.9 Å². The summed E-state index contributed by atoms with van der Waals surface area (Å²) in [6.07, 6.45) is 4.21. The zero-order valence-corrected chi connectivity index (χ0v) is 17.5. The summed E-state index contributed by atoms with van der Waals surface area (Å²) in [7, 11) is 1.56. The molecule has 0 aliphatic carbocycles. The van der Waals surface area contributed by atoms with Gasteiger partial charge in [-0.3, -0.25) is 9.78 Å². The van der Waals surface area contributed by atoms with Crippen molar-refractivity contribution in [1.29, 1.82) is 0 Å². The summed E-state index contributed by atoms with van der Waals surface area (Å²) >= 11 is 0. The molecule has 3 heterocycles. The second-order valence-corrected chi connectivity index (χ2v) is 6.91. The summed E-state index contributed by atoms with van der Waals surface area (Å²) in [5.74, 6) is 0.695. The summed E-state index contributed by atoms with van der Waals surface area (Å²) in [6, 6.07) is 5.14. The number of methoxy groups -OCH3 is 1. The quantitative estimate of drug-likeness (QED) is 0.486. The Morgan fingerprint density at radius 3 is 2.73 bits per heavy atom. The van der Waals surface area contributed by atoms with Crippen LogP contribution in [0.3, 0.4) is 0 Å². The predicted octanol–water partition coefficient (Wildman–Crippen LogP) is 2.08. The highest BCUT2D eigenvalue weighted by Gasteiger charge is 2.14. The van der Waals surface area contributed by atoms with Crippen molar-refractivity contribution in [2.75, 3.05) is 32.2 Å².